The first kappa shape index (κ1) is 22.5. The molecule has 0 heterocycles. The van der Waals surface area contributed by atoms with E-state index in [9.17, 15) is 22.0 Å². The first-order valence-electron chi connectivity index (χ1n) is 8.76. The molecule has 0 amide bonds. The number of carbonyl (C=O) groups excluding carboxylic acids is 1. The number of aldehydes is 1. The van der Waals surface area contributed by atoms with Crippen LogP contribution in [0.25, 0.3) is 0 Å². The van der Waals surface area contributed by atoms with Crippen LogP contribution in [0.2, 0.25) is 5.02 Å². The van der Waals surface area contributed by atoms with Crippen molar-refractivity contribution in [1.82, 2.24) is 0 Å². The Morgan fingerprint density at radius 1 is 1.06 bits per heavy atom. The fourth-order valence-corrected chi connectivity index (χ4v) is 3.96. The summed E-state index contributed by atoms with van der Waals surface area (Å²) in [6.45, 7) is -0.215. The molecule has 0 aliphatic rings. The maximum absolute atomic E-state index is 13.9. The highest BCUT2D eigenvalue weighted by molar-refractivity contribution is 7.92. The highest BCUT2D eigenvalue weighted by atomic mass is 35.5. The Bertz CT molecular complexity index is 1210. The van der Waals surface area contributed by atoms with Gasteiger partial charge < -0.3 is 9.47 Å². The van der Waals surface area contributed by atoms with Crippen LogP contribution in [0.15, 0.2) is 59.5 Å². The third-order valence-corrected chi connectivity index (χ3v) is 5.99. The Labute approximate surface area is 182 Å². The summed E-state index contributed by atoms with van der Waals surface area (Å²) in [4.78, 5) is 11.1. The lowest BCUT2D eigenvalue weighted by atomic mass is 10.2. The molecule has 0 bridgehead atoms. The molecule has 0 radical (unpaired) electrons. The van der Waals surface area contributed by atoms with E-state index in [1.807, 2.05) is 0 Å². The maximum Gasteiger partial charge on any atom is 0.262 e. The lowest BCUT2D eigenvalue weighted by Crippen LogP contribution is -2.14. The minimum absolute atomic E-state index is 0.0360. The van der Waals surface area contributed by atoms with Gasteiger partial charge in [0.2, 0.25) is 0 Å². The summed E-state index contributed by atoms with van der Waals surface area (Å²) in [6, 6.07) is 11.3. The van der Waals surface area contributed by atoms with E-state index in [0.29, 0.717) is 6.29 Å². The van der Waals surface area contributed by atoms with Gasteiger partial charge in [-0.3, -0.25) is 9.52 Å². The Kier molecular flexibility index (Phi) is 6.77. The third kappa shape index (κ3) is 5.12. The zero-order chi connectivity index (χ0) is 22.6. The molecule has 162 valence electrons. The van der Waals surface area contributed by atoms with E-state index in [1.54, 1.807) is 0 Å². The molecule has 1 N–H and O–H groups in total. The smallest absolute Gasteiger partial charge is 0.262 e. The molecule has 3 aromatic carbocycles. The largest absolute Gasteiger partial charge is 0.494 e. The SMILES string of the molecule is COc1cc(S(=O)(=O)Nc2cc(OCc3c(F)cccc3Cl)ccc2C=O)ccc1F. The number of hydrogen-bond acceptors (Lipinski definition) is 5. The third-order valence-electron chi connectivity index (χ3n) is 4.27. The van der Waals surface area contributed by atoms with Crippen LogP contribution in [-0.4, -0.2) is 21.8 Å². The molecule has 3 rings (SSSR count). The molecule has 31 heavy (non-hydrogen) atoms. The van der Waals surface area contributed by atoms with Crippen LogP contribution >= 0.6 is 11.6 Å². The van der Waals surface area contributed by atoms with Gasteiger partial charge in [0.05, 0.1) is 22.7 Å². The minimum Gasteiger partial charge on any atom is -0.494 e. The Balaban J connectivity index is 1.88. The summed E-state index contributed by atoms with van der Waals surface area (Å²) >= 11 is 5.97. The molecular formula is C21H16ClF2NO5S. The second-order valence-electron chi connectivity index (χ2n) is 6.26. The normalized spacial score (nSPS) is 11.1. The number of halogens is 3. The summed E-state index contributed by atoms with van der Waals surface area (Å²) in [5.41, 5.74) is 0.0912. The topological polar surface area (TPSA) is 81.7 Å². The van der Waals surface area contributed by atoms with Gasteiger partial charge in [-0.25, -0.2) is 17.2 Å². The zero-order valence-electron chi connectivity index (χ0n) is 16.1. The average Bonchev–Trinajstić information content (AvgIpc) is 2.73. The lowest BCUT2D eigenvalue weighted by molar-refractivity contribution is 0.112. The van der Waals surface area contributed by atoms with Gasteiger partial charge in [0.1, 0.15) is 18.2 Å². The molecular weight excluding hydrogens is 452 g/mol. The summed E-state index contributed by atoms with van der Waals surface area (Å²) in [5, 5.41) is 0.177. The number of methoxy groups -OCH3 is 1. The molecule has 0 aliphatic carbocycles. The van der Waals surface area contributed by atoms with Crippen molar-refractivity contribution >= 4 is 33.6 Å². The lowest BCUT2D eigenvalue weighted by Gasteiger charge is -2.14. The van der Waals surface area contributed by atoms with Crippen molar-refractivity contribution in [3.63, 3.8) is 0 Å². The molecule has 0 fully saturated rings. The van der Waals surface area contributed by atoms with Crippen molar-refractivity contribution in [2.45, 2.75) is 11.5 Å². The standard InChI is InChI=1S/C21H16ClF2NO5S/c1-29-21-10-15(7-8-19(21)24)31(27,28)25-20-9-14(6-5-13(20)11-26)30-12-16-17(22)3-2-4-18(16)23/h2-11,25H,12H2,1H3. The average molecular weight is 468 g/mol. The maximum atomic E-state index is 13.9. The van der Waals surface area contributed by atoms with Crippen LogP contribution in [0.4, 0.5) is 14.5 Å². The molecule has 0 aromatic heterocycles. The number of rotatable bonds is 8. The molecule has 0 unspecified atom stereocenters. The van der Waals surface area contributed by atoms with E-state index in [-0.39, 0.29) is 44.8 Å². The molecule has 6 nitrogen and oxygen atoms in total. The molecule has 3 aromatic rings. The van der Waals surface area contributed by atoms with Gasteiger partial charge in [0.25, 0.3) is 10.0 Å². The summed E-state index contributed by atoms with van der Waals surface area (Å²) in [6.07, 6.45) is 0.459. The van der Waals surface area contributed by atoms with Crippen molar-refractivity contribution < 1.29 is 31.5 Å². The van der Waals surface area contributed by atoms with Crippen LogP contribution < -0.4 is 14.2 Å². The second-order valence-corrected chi connectivity index (χ2v) is 8.35. The highest BCUT2D eigenvalue weighted by Gasteiger charge is 2.19. The van der Waals surface area contributed by atoms with Gasteiger partial charge in [0.15, 0.2) is 17.9 Å². The van der Waals surface area contributed by atoms with E-state index < -0.39 is 21.7 Å². The number of nitrogens with one attached hydrogen (secondary N) is 1. The number of anilines is 1. The fraction of sp³-hybridized carbons (Fsp3) is 0.0952. The summed E-state index contributed by atoms with van der Waals surface area (Å²) < 4.78 is 65.5. The first-order valence-corrected chi connectivity index (χ1v) is 10.6. The van der Waals surface area contributed by atoms with Crippen molar-refractivity contribution in [2.24, 2.45) is 0 Å². The monoisotopic (exact) mass is 467 g/mol. The van der Waals surface area contributed by atoms with Crippen LogP contribution in [-0.2, 0) is 16.6 Å². The van der Waals surface area contributed by atoms with Gasteiger partial charge in [-0.2, -0.15) is 0 Å². The molecule has 0 saturated heterocycles. The minimum atomic E-state index is -4.18. The van der Waals surface area contributed by atoms with Crippen molar-refractivity contribution in [2.75, 3.05) is 11.8 Å². The molecule has 0 aliphatic heterocycles. The zero-order valence-corrected chi connectivity index (χ0v) is 17.6. The second kappa shape index (κ2) is 9.32. The molecule has 0 spiro atoms. The van der Waals surface area contributed by atoms with Crippen molar-refractivity contribution in [3.8, 4) is 11.5 Å². The van der Waals surface area contributed by atoms with E-state index in [2.05, 4.69) is 4.72 Å². The van der Waals surface area contributed by atoms with Gasteiger partial charge in [-0.15, -0.1) is 0 Å². The Morgan fingerprint density at radius 3 is 2.52 bits per heavy atom. The first-order chi connectivity index (χ1) is 14.7. The van der Waals surface area contributed by atoms with Gasteiger partial charge in [-0.05, 0) is 36.4 Å². The van der Waals surface area contributed by atoms with E-state index in [0.717, 1.165) is 18.2 Å². The number of hydrogen-bond donors (Lipinski definition) is 1. The Hall–Kier alpha value is -3.17. The summed E-state index contributed by atoms with van der Waals surface area (Å²) in [7, 11) is -2.98. The molecule has 0 atom stereocenters. The van der Waals surface area contributed by atoms with Crippen molar-refractivity contribution in [3.05, 3.63) is 82.4 Å². The van der Waals surface area contributed by atoms with Crippen LogP contribution in [0.5, 0.6) is 11.5 Å². The van der Waals surface area contributed by atoms with Gasteiger partial charge in [-0.1, -0.05) is 17.7 Å². The highest BCUT2D eigenvalue weighted by Crippen LogP contribution is 2.28. The van der Waals surface area contributed by atoms with E-state index in [4.69, 9.17) is 21.1 Å². The van der Waals surface area contributed by atoms with Crippen LogP contribution in [0.3, 0.4) is 0 Å². The van der Waals surface area contributed by atoms with Gasteiger partial charge >= 0.3 is 0 Å². The predicted octanol–water partition coefficient (Wildman–Crippen LogP) is 4.82. The predicted molar refractivity (Wildman–Crippen MR) is 111 cm³/mol. The summed E-state index contributed by atoms with van der Waals surface area (Å²) in [5.74, 6) is -1.36. The number of ether oxygens (including phenoxy) is 2. The van der Waals surface area contributed by atoms with Crippen molar-refractivity contribution in [1.29, 1.82) is 0 Å². The fourth-order valence-electron chi connectivity index (χ4n) is 2.65. The number of benzene rings is 3. The van der Waals surface area contributed by atoms with E-state index in [1.165, 1.54) is 43.5 Å². The van der Waals surface area contributed by atoms with E-state index >= 15 is 0 Å². The van der Waals surface area contributed by atoms with Gasteiger partial charge in [0, 0.05) is 23.3 Å². The number of sulfonamides is 1. The Morgan fingerprint density at radius 2 is 1.84 bits per heavy atom. The van der Waals surface area contributed by atoms with Crippen LogP contribution in [0, 0.1) is 11.6 Å². The number of carbonyl (C=O) groups is 1. The molecule has 0 saturated carbocycles. The molecule has 10 heteroatoms. The van der Waals surface area contributed by atoms with Crippen LogP contribution in [0.1, 0.15) is 15.9 Å². The quantitative estimate of drug-likeness (QED) is 0.480.